The third kappa shape index (κ3) is 4.70. The Balaban J connectivity index is 1.57. The van der Waals surface area contributed by atoms with Crippen molar-refractivity contribution in [1.82, 2.24) is 30.1 Å². The molecule has 36 heavy (non-hydrogen) atoms. The smallest absolute Gasteiger partial charge is 0.253 e. The highest BCUT2D eigenvalue weighted by Gasteiger charge is 2.35. The minimum Gasteiger partial charge on any atom is -0.494 e. The van der Waals surface area contributed by atoms with E-state index in [1.807, 2.05) is 41.9 Å². The molecule has 1 atom stereocenters. The molecule has 0 radical (unpaired) electrons. The average molecular weight is 488 g/mol. The van der Waals surface area contributed by atoms with Crippen molar-refractivity contribution in [3.8, 4) is 5.75 Å². The average Bonchev–Trinajstić information content (AvgIpc) is 3.36. The number of nitrogens with zero attached hydrogens (tertiary/aromatic N) is 6. The van der Waals surface area contributed by atoms with Gasteiger partial charge in [0.15, 0.2) is 5.82 Å². The number of pyridine rings is 1. The molecule has 0 saturated carbocycles. The van der Waals surface area contributed by atoms with Gasteiger partial charge in [-0.2, -0.15) is 0 Å². The van der Waals surface area contributed by atoms with Gasteiger partial charge in [-0.3, -0.25) is 9.69 Å². The SMILES string of the molecule is CCOc1ccc2[nH]c(=O)c(C(c3nnnn3C(C)(C)C)N3CCN(c4ccccc4)CC3)cc2c1. The number of fused-ring (bicyclic) bond motifs is 1. The van der Waals surface area contributed by atoms with E-state index in [4.69, 9.17) is 4.74 Å². The second-order valence-corrected chi connectivity index (χ2v) is 10.1. The zero-order valence-electron chi connectivity index (χ0n) is 21.3. The first-order valence-corrected chi connectivity index (χ1v) is 12.5. The summed E-state index contributed by atoms with van der Waals surface area (Å²) in [6.45, 7) is 12.0. The number of rotatable bonds is 6. The Bertz CT molecular complexity index is 1380. The molecule has 4 aromatic rings. The summed E-state index contributed by atoms with van der Waals surface area (Å²) in [4.78, 5) is 21.2. The molecule has 3 heterocycles. The molecule has 2 aromatic carbocycles. The molecule has 1 saturated heterocycles. The van der Waals surface area contributed by atoms with Gasteiger partial charge in [0.2, 0.25) is 0 Å². The van der Waals surface area contributed by atoms with Crippen LogP contribution in [0.2, 0.25) is 0 Å². The first-order chi connectivity index (χ1) is 17.3. The van der Waals surface area contributed by atoms with Crippen molar-refractivity contribution in [2.45, 2.75) is 39.3 Å². The molecule has 2 aromatic heterocycles. The number of para-hydroxylation sites is 1. The van der Waals surface area contributed by atoms with Crippen LogP contribution in [0.1, 0.15) is 45.1 Å². The zero-order valence-corrected chi connectivity index (χ0v) is 21.3. The Kier molecular flexibility index (Phi) is 6.49. The molecule has 0 amide bonds. The number of tetrazole rings is 1. The quantitative estimate of drug-likeness (QED) is 0.444. The zero-order chi connectivity index (χ0) is 25.3. The summed E-state index contributed by atoms with van der Waals surface area (Å²) in [6, 6.07) is 17.7. The van der Waals surface area contributed by atoms with E-state index in [0.717, 1.165) is 42.8 Å². The van der Waals surface area contributed by atoms with E-state index in [9.17, 15) is 4.79 Å². The molecule has 0 aliphatic carbocycles. The minimum absolute atomic E-state index is 0.134. The van der Waals surface area contributed by atoms with Crippen molar-refractivity contribution in [2.75, 3.05) is 37.7 Å². The minimum atomic E-state index is -0.388. The van der Waals surface area contributed by atoms with Gasteiger partial charge in [-0.1, -0.05) is 18.2 Å². The molecule has 188 valence electrons. The van der Waals surface area contributed by atoms with Gasteiger partial charge in [0, 0.05) is 48.3 Å². The number of nitrogens with one attached hydrogen (secondary N) is 1. The Morgan fingerprint density at radius 2 is 1.78 bits per heavy atom. The maximum Gasteiger partial charge on any atom is 0.253 e. The van der Waals surface area contributed by atoms with Gasteiger partial charge < -0.3 is 14.6 Å². The Morgan fingerprint density at radius 1 is 1.03 bits per heavy atom. The third-order valence-corrected chi connectivity index (χ3v) is 6.62. The molecule has 9 heteroatoms. The number of hydrogen-bond donors (Lipinski definition) is 1. The number of aromatic amines is 1. The predicted molar refractivity (Wildman–Crippen MR) is 141 cm³/mol. The third-order valence-electron chi connectivity index (χ3n) is 6.62. The van der Waals surface area contributed by atoms with Crippen LogP contribution in [0, 0.1) is 0 Å². The lowest BCUT2D eigenvalue weighted by Gasteiger charge is -2.40. The molecule has 5 rings (SSSR count). The number of H-pyrrole nitrogens is 1. The first kappa shape index (κ1) is 24.0. The summed E-state index contributed by atoms with van der Waals surface area (Å²) in [5, 5.41) is 13.7. The van der Waals surface area contributed by atoms with Gasteiger partial charge in [-0.05, 0) is 74.5 Å². The van der Waals surface area contributed by atoms with Crippen LogP contribution in [0.4, 0.5) is 5.69 Å². The van der Waals surface area contributed by atoms with Crippen LogP contribution in [-0.2, 0) is 5.54 Å². The number of piperazine rings is 1. The second-order valence-electron chi connectivity index (χ2n) is 10.1. The fourth-order valence-corrected chi connectivity index (χ4v) is 4.88. The van der Waals surface area contributed by atoms with Crippen LogP contribution in [0.15, 0.2) is 59.4 Å². The van der Waals surface area contributed by atoms with Gasteiger partial charge >= 0.3 is 0 Å². The monoisotopic (exact) mass is 487 g/mol. The molecular formula is C27H33N7O2. The first-order valence-electron chi connectivity index (χ1n) is 12.5. The fraction of sp³-hybridized carbons (Fsp3) is 0.407. The van der Waals surface area contributed by atoms with Gasteiger partial charge in [0.1, 0.15) is 11.8 Å². The maximum atomic E-state index is 13.5. The molecule has 0 spiro atoms. The maximum absolute atomic E-state index is 13.5. The van der Waals surface area contributed by atoms with Gasteiger partial charge in [-0.25, -0.2) is 4.68 Å². The topological polar surface area (TPSA) is 92.2 Å². The van der Waals surface area contributed by atoms with E-state index in [0.29, 0.717) is 18.0 Å². The predicted octanol–water partition coefficient (Wildman–Crippen LogP) is 3.58. The molecule has 1 aliphatic heterocycles. The Hall–Kier alpha value is -3.72. The van der Waals surface area contributed by atoms with Gasteiger partial charge in [0.25, 0.3) is 5.56 Å². The number of aromatic nitrogens is 5. The summed E-state index contributed by atoms with van der Waals surface area (Å²) in [6.07, 6.45) is 0. The van der Waals surface area contributed by atoms with Crippen LogP contribution >= 0.6 is 0 Å². The van der Waals surface area contributed by atoms with Crippen molar-refractivity contribution in [1.29, 1.82) is 0 Å². The van der Waals surface area contributed by atoms with Gasteiger partial charge in [-0.15, -0.1) is 5.10 Å². The largest absolute Gasteiger partial charge is 0.494 e. The van der Waals surface area contributed by atoms with Crippen molar-refractivity contribution in [3.05, 3.63) is 76.3 Å². The summed E-state index contributed by atoms with van der Waals surface area (Å²) in [7, 11) is 0. The normalized spacial score (nSPS) is 15.8. The molecule has 0 bridgehead atoms. The lowest BCUT2D eigenvalue weighted by atomic mass is 10.0. The molecule has 1 unspecified atom stereocenters. The van der Waals surface area contributed by atoms with Crippen molar-refractivity contribution >= 4 is 16.6 Å². The number of benzene rings is 2. The summed E-state index contributed by atoms with van der Waals surface area (Å²) >= 11 is 0. The van der Waals surface area contributed by atoms with Crippen molar-refractivity contribution in [2.24, 2.45) is 0 Å². The lowest BCUT2D eigenvalue weighted by molar-refractivity contribution is 0.190. The number of anilines is 1. The Morgan fingerprint density at radius 3 is 2.47 bits per heavy atom. The lowest BCUT2D eigenvalue weighted by Crippen LogP contribution is -2.49. The van der Waals surface area contributed by atoms with E-state index in [1.165, 1.54) is 5.69 Å². The second kappa shape index (κ2) is 9.73. The fourth-order valence-electron chi connectivity index (χ4n) is 4.88. The standard InChI is InChI=1S/C27H33N7O2/c1-5-36-21-11-12-23-19(17-21)18-22(26(35)28-23)24(25-29-30-31-34(25)27(2,3)4)33-15-13-32(14-16-33)20-9-7-6-8-10-20/h6-12,17-18,24H,5,13-16H2,1-4H3,(H,28,35). The molecule has 1 fully saturated rings. The van der Waals surface area contributed by atoms with E-state index in [2.05, 4.69) is 75.3 Å². The molecule has 9 nitrogen and oxygen atoms in total. The summed E-state index contributed by atoms with van der Waals surface area (Å²) in [5.41, 5.74) is 2.14. The van der Waals surface area contributed by atoms with Crippen LogP contribution in [0.5, 0.6) is 5.75 Å². The number of hydrogen-bond acceptors (Lipinski definition) is 7. The highest BCUT2D eigenvalue weighted by Crippen LogP contribution is 2.31. The van der Waals surface area contributed by atoms with Crippen molar-refractivity contribution < 1.29 is 4.74 Å². The summed E-state index contributed by atoms with van der Waals surface area (Å²) in [5.74, 6) is 1.44. The van der Waals surface area contributed by atoms with Crippen LogP contribution in [0.3, 0.4) is 0 Å². The van der Waals surface area contributed by atoms with E-state index < -0.39 is 0 Å². The summed E-state index contributed by atoms with van der Waals surface area (Å²) < 4.78 is 7.54. The van der Waals surface area contributed by atoms with E-state index >= 15 is 0 Å². The highest BCUT2D eigenvalue weighted by atomic mass is 16.5. The van der Waals surface area contributed by atoms with Crippen LogP contribution in [-0.4, -0.2) is 62.9 Å². The van der Waals surface area contributed by atoms with E-state index in [-0.39, 0.29) is 17.1 Å². The van der Waals surface area contributed by atoms with E-state index in [1.54, 1.807) is 0 Å². The molecule has 1 N–H and O–H groups in total. The van der Waals surface area contributed by atoms with Crippen LogP contribution in [0.25, 0.3) is 10.9 Å². The van der Waals surface area contributed by atoms with Gasteiger partial charge in [0.05, 0.1) is 12.1 Å². The van der Waals surface area contributed by atoms with Crippen LogP contribution < -0.4 is 15.2 Å². The van der Waals surface area contributed by atoms with Crippen molar-refractivity contribution in [3.63, 3.8) is 0 Å². The molecule has 1 aliphatic rings. The number of ether oxygens (including phenoxy) is 1. The molecular weight excluding hydrogens is 454 g/mol. The Labute approximate surface area is 210 Å². The highest BCUT2D eigenvalue weighted by molar-refractivity contribution is 5.80.